The lowest BCUT2D eigenvalue weighted by Crippen LogP contribution is -2.08. The van der Waals surface area contributed by atoms with Crippen molar-refractivity contribution in [2.45, 2.75) is 39.2 Å². The molecule has 0 radical (unpaired) electrons. The van der Waals surface area contributed by atoms with Gasteiger partial charge >= 0.3 is 0 Å². The summed E-state index contributed by atoms with van der Waals surface area (Å²) in [6.45, 7) is 5.16. The number of ether oxygens (including phenoxy) is 1. The number of hydrogen-bond donors (Lipinski definition) is 1. The van der Waals surface area contributed by atoms with Gasteiger partial charge in [0, 0.05) is 6.61 Å². The Hall–Kier alpha value is -0.520. The molecular weight excluding hydrogens is 212 g/mol. The Bertz CT molecular complexity index is 278. The fraction of sp³-hybridized carbons (Fsp3) is 0.800. The number of aryl methyl sites for hydroxylation is 1. The van der Waals surface area contributed by atoms with Crippen LogP contribution in [0.25, 0.3) is 0 Å². The number of hydrogen-bond acceptors (Lipinski definition) is 5. The highest BCUT2D eigenvalue weighted by molar-refractivity contribution is 7.05. The first-order valence-electron chi connectivity index (χ1n) is 5.36. The molecule has 1 atom stereocenters. The third kappa shape index (κ3) is 3.85. The second kappa shape index (κ2) is 6.87. The lowest BCUT2D eigenvalue weighted by atomic mass is 10.2. The van der Waals surface area contributed by atoms with E-state index in [1.807, 2.05) is 6.92 Å². The first kappa shape index (κ1) is 12.5. The second-order valence-electron chi connectivity index (χ2n) is 3.42. The summed E-state index contributed by atoms with van der Waals surface area (Å²) in [4.78, 5) is 0.855. The average Bonchev–Trinajstić information content (AvgIpc) is 2.67. The van der Waals surface area contributed by atoms with Gasteiger partial charge in [-0.25, -0.2) is 0 Å². The van der Waals surface area contributed by atoms with Crippen LogP contribution in [0.15, 0.2) is 0 Å². The summed E-state index contributed by atoms with van der Waals surface area (Å²) in [6.07, 6.45) is 2.28. The van der Waals surface area contributed by atoms with Gasteiger partial charge in [-0.3, -0.25) is 0 Å². The van der Waals surface area contributed by atoms with Gasteiger partial charge in [0.2, 0.25) is 0 Å². The molecule has 1 heterocycles. The third-order valence-corrected chi connectivity index (χ3v) is 2.87. The molecule has 1 aromatic heterocycles. The van der Waals surface area contributed by atoms with Gasteiger partial charge in [-0.05, 0) is 24.4 Å². The SMILES string of the molecule is CCCOCC(O)c1snnc1CCC. The average molecular weight is 230 g/mol. The van der Waals surface area contributed by atoms with Crippen molar-refractivity contribution in [2.24, 2.45) is 0 Å². The number of rotatable bonds is 7. The maximum atomic E-state index is 9.85. The minimum absolute atomic E-state index is 0.342. The van der Waals surface area contributed by atoms with Crippen LogP contribution in [0.1, 0.15) is 43.4 Å². The van der Waals surface area contributed by atoms with E-state index in [1.165, 1.54) is 11.5 Å². The maximum absolute atomic E-state index is 9.85. The predicted octanol–water partition coefficient (Wildman–Crippen LogP) is 1.95. The van der Waals surface area contributed by atoms with Gasteiger partial charge < -0.3 is 9.84 Å². The molecule has 0 aliphatic rings. The van der Waals surface area contributed by atoms with Gasteiger partial charge in [-0.15, -0.1) is 5.10 Å². The van der Waals surface area contributed by atoms with Crippen molar-refractivity contribution in [3.63, 3.8) is 0 Å². The standard InChI is InChI=1S/C10H18N2O2S/c1-3-5-8-10(15-12-11-8)9(13)7-14-6-4-2/h9,13H,3-7H2,1-2H3. The minimum atomic E-state index is -0.571. The molecule has 0 fully saturated rings. The molecule has 4 nitrogen and oxygen atoms in total. The van der Waals surface area contributed by atoms with Gasteiger partial charge in [0.25, 0.3) is 0 Å². The van der Waals surface area contributed by atoms with E-state index in [-0.39, 0.29) is 0 Å². The van der Waals surface area contributed by atoms with Crippen molar-refractivity contribution < 1.29 is 9.84 Å². The molecule has 1 aromatic rings. The molecule has 0 aliphatic heterocycles. The largest absolute Gasteiger partial charge is 0.385 e. The number of aromatic nitrogens is 2. The Morgan fingerprint density at radius 2 is 2.20 bits per heavy atom. The molecule has 0 amide bonds. The van der Waals surface area contributed by atoms with Crippen LogP contribution in [-0.4, -0.2) is 27.9 Å². The van der Waals surface area contributed by atoms with E-state index >= 15 is 0 Å². The quantitative estimate of drug-likeness (QED) is 0.727. The first-order chi connectivity index (χ1) is 7.29. The summed E-state index contributed by atoms with van der Waals surface area (Å²) in [5.74, 6) is 0. The maximum Gasteiger partial charge on any atom is 0.115 e. The van der Waals surface area contributed by atoms with Crippen molar-refractivity contribution in [3.8, 4) is 0 Å². The molecular formula is C10H18N2O2S. The van der Waals surface area contributed by atoms with Gasteiger partial charge in [0.1, 0.15) is 6.10 Å². The van der Waals surface area contributed by atoms with Crippen LogP contribution < -0.4 is 0 Å². The zero-order valence-electron chi connectivity index (χ0n) is 9.27. The Balaban J connectivity index is 2.48. The van der Waals surface area contributed by atoms with Crippen LogP contribution >= 0.6 is 11.5 Å². The molecule has 0 bridgehead atoms. The summed E-state index contributed by atoms with van der Waals surface area (Å²) >= 11 is 1.26. The Kier molecular flexibility index (Phi) is 5.75. The van der Waals surface area contributed by atoms with E-state index in [0.717, 1.165) is 29.8 Å². The fourth-order valence-electron chi connectivity index (χ4n) is 1.29. The zero-order chi connectivity index (χ0) is 11.1. The van der Waals surface area contributed by atoms with E-state index in [2.05, 4.69) is 16.5 Å². The van der Waals surface area contributed by atoms with Gasteiger partial charge in [0.15, 0.2) is 0 Å². The van der Waals surface area contributed by atoms with Crippen LogP contribution in [0.3, 0.4) is 0 Å². The Labute approximate surface area is 94.4 Å². The van der Waals surface area contributed by atoms with E-state index < -0.39 is 6.10 Å². The second-order valence-corrected chi connectivity index (χ2v) is 4.21. The molecule has 1 N–H and O–H groups in total. The number of aliphatic hydroxyl groups excluding tert-OH is 1. The van der Waals surface area contributed by atoms with E-state index in [1.54, 1.807) is 0 Å². The summed E-state index contributed by atoms with van der Waals surface area (Å²) in [7, 11) is 0. The van der Waals surface area contributed by atoms with Gasteiger partial charge in [0.05, 0.1) is 17.2 Å². The van der Waals surface area contributed by atoms with Crippen LogP contribution in [0.2, 0.25) is 0 Å². The predicted molar refractivity (Wildman–Crippen MR) is 60.0 cm³/mol. The smallest absolute Gasteiger partial charge is 0.115 e. The first-order valence-corrected chi connectivity index (χ1v) is 6.13. The molecule has 1 rings (SSSR count). The lowest BCUT2D eigenvalue weighted by molar-refractivity contribution is 0.0376. The molecule has 0 saturated carbocycles. The van der Waals surface area contributed by atoms with Crippen molar-refractivity contribution >= 4 is 11.5 Å². The van der Waals surface area contributed by atoms with Crippen molar-refractivity contribution in [1.29, 1.82) is 0 Å². The number of aliphatic hydroxyl groups is 1. The molecule has 86 valence electrons. The monoisotopic (exact) mass is 230 g/mol. The Morgan fingerprint density at radius 3 is 2.87 bits per heavy atom. The highest BCUT2D eigenvalue weighted by Crippen LogP contribution is 2.21. The highest BCUT2D eigenvalue weighted by Gasteiger charge is 2.16. The van der Waals surface area contributed by atoms with Gasteiger partial charge in [-0.1, -0.05) is 24.8 Å². The van der Waals surface area contributed by atoms with E-state index in [0.29, 0.717) is 13.2 Å². The topological polar surface area (TPSA) is 55.2 Å². The van der Waals surface area contributed by atoms with Crippen LogP contribution in [0.5, 0.6) is 0 Å². The van der Waals surface area contributed by atoms with Crippen LogP contribution in [0.4, 0.5) is 0 Å². The molecule has 0 aromatic carbocycles. The molecule has 5 heteroatoms. The normalized spacial score (nSPS) is 13.0. The molecule has 15 heavy (non-hydrogen) atoms. The van der Waals surface area contributed by atoms with Crippen molar-refractivity contribution in [3.05, 3.63) is 10.6 Å². The van der Waals surface area contributed by atoms with Crippen LogP contribution in [0, 0.1) is 0 Å². The summed E-state index contributed by atoms with van der Waals surface area (Å²) in [6, 6.07) is 0. The summed E-state index contributed by atoms with van der Waals surface area (Å²) in [5, 5.41) is 13.9. The van der Waals surface area contributed by atoms with E-state index in [4.69, 9.17) is 4.74 Å². The Morgan fingerprint density at radius 1 is 1.40 bits per heavy atom. The minimum Gasteiger partial charge on any atom is -0.385 e. The fourth-order valence-corrected chi connectivity index (χ4v) is 1.96. The summed E-state index contributed by atoms with van der Waals surface area (Å²) in [5.41, 5.74) is 0.912. The van der Waals surface area contributed by atoms with Crippen molar-refractivity contribution in [2.75, 3.05) is 13.2 Å². The van der Waals surface area contributed by atoms with Crippen LogP contribution in [-0.2, 0) is 11.2 Å². The molecule has 0 aliphatic carbocycles. The molecule has 1 unspecified atom stereocenters. The lowest BCUT2D eigenvalue weighted by Gasteiger charge is -2.09. The van der Waals surface area contributed by atoms with E-state index in [9.17, 15) is 5.11 Å². The highest BCUT2D eigenvalue weighted by atomic mass is 32.1. The van der Waals surface area contributed by atoms with Crippen molar-refractivity contribution in [1.82, 2.24) is 9.59 Å². The molecule has 0 spiro atoms. The zero-order valence-corrected chi connectivity index (χ0v) is 10.1. The third-order valence-electron chi connectivity index (χ3n) is 2.00. The van der Waals surface area contributed by atoms with Gasteiger partial charge in [-0.2, -0.15) is 0 Å². The molecule has 0 saturated heterocycles. The summed E-state index contributed by atoms with van der Waals surface area (Å²) < 4.78 is 9.17. The number of nitrogens with zero attached hydrogens (tertiary/aromatic N) is 2.